The normalized spacial score (nSPS) is 23.5. The van der Waals surface area contributed by atoms with E-state index in [0.29, 0.717) is 6.08 Å². The summed E-state index contributed by atoms with van der Waals surface area (Å²) in [7, 11) is 0. The number of dihydropyridines is 1. The molecule has 0 fully saturated rings. The Balaban J connectivity index is 1.58. The van der Waals surface area contributed by atoms with Gasteiger partial charge < -0.3 is 10.4 Å². The summed E-state index contributed by atoms with van der Waals surface area (Å²) in [6.45, 7) is -0.892. The Kier molecular flexibility index (Phi) is 6.53. The summed E-state index contributed by atoms with van der Waals surface area (Å²) in [5.74, 6) is -3.71. The van der Waals surface area contributed by atoms with E-state index < -0.39 is 53.7 Å². The Hall–Kier alpha value is -3.85. The maximum atomic E-state index is 15.8. The Morgan fingerprint density at radius 2 is 1.89 bits per heavy atom. The van der Waals surface area contributed by atoms with Crippen LogP contribution in [0.5, 0.6) is 0 Å². The second-order valence-electron chi connectivity index (χ2n) is 7.92. The van der Waals surface area contributed by atoms with Crippen LogP contribution >= 0.6 is 0 Å². The summed E-state index contributed by atoms with van der Waals surface area (Å²) in [6, 6.07) is 1.24. The van der Waals surface area contributed by atoms with Crippen LogP contribution in [0.15, 0.2) is 72.5 Å². The average molecular weight is 493 g/mol. The van der Waals surface area contributed by atoms with E-state index in [0.717, 1.165) is 47.6 Å². The third kappa shape index (κ3) is 4.85. The minimum absolute atomic E-state index is 0.167. The largest absolute Gasteiger partial charge is 0.381 e. The molecule has 12 heteroatoms. The summed E-state index contributed by atoms with van der Waals surface area (Å²) >= 11 is 0. The van der Waals surface area contributed by atoms with Crippen LogP contribution in [-0.2, 0) is 6.54 Å². The first-order valence-corrected chi connectivity index (χ1v) is 10.2. The molecule has 182 valence electrons. The van der Waals surface area contributed by atoms with E-state index in [-0.39, 0.29) is 11.1 Å². The lowest BCUT2D eigenvalue weighted by Gasteiger charge is -2.44. The number of alkyl halides is 3. The number of aromatic nitrogens is 4. The molecule has 1 aliphatic carbocycles. The van der Waals surface area contributed by atoms with E-state index in [1.807, 2.05) is 0 Å². The van der Waals surface area contributed by atoms with E-state index in [9.17, 15) is 22.7 Å². The highest BCUT2D eigenvalue weighted by Gasteiger charge is 2.62. The van der Waals surface area contributed by atoms with Crippen LogP contribution in [0.1, 0.15) is 5.56 Å². The van der Waals surface area contributed by atoms with Gasteiger partial charge in [0.25, 0.3) is 0 Å². The van der Waals surface area contributed by atoms with E-state index >= 15 is 8.78 Å². The van der Waals surface area contributed by atoms with Gasteiger partial charge in [-0.05, 0) is 46.9 Å². The molecule has 2 aromatic rings. The van der Waals surface area contributed by atoms with Gasteiger partial charge in [0.05, 0.1) is 6.54 Å². The molecule has 0 bridgehead atoms. The average Bonchev–Trinajstić information content (AvgIpc) is 3.32. The van der Waals surface area contributed by atoms with Crippen molar-refractivity contribution in [1.29, 1.82) is 0 Å². The van der Waals surface area contributed by atoms with Crippen molar-refractivity contribution >= 4 is 0 Å². The quantitative estimate of drug-likeness (QED) is 0.495. The molecule has 1 aromatic heterocycles. The molecular formula is C23H17F6N5O. The van der Waals surface area contributed by atoms with Crippen LogP contribution in [0.2, 0.25) is 0 Å². The Labute approximate surface area is 195 Å². The fourth-order valence-corrected chi connectivity index (χ4v) is 3.74. The fourth-order valence-electron chi connectivity index (χ4n) is 3.74. The summed E-state index contributed by atoms with van der Waals surface area (Å²) in [5, 5.41) is 23.8. The third-order valence-electron chi connectivity index (χ3n) is 5.60. The monoisotopic (exact) mass is 493 g/mol. The summed E-state index contributed by atoms with van der Waals surface area (Å²) in [5.41, 5.74) is -2.68. The number of tetrazole rings is 1. The lowest BCUT2D eigenvalue weighted by atomic mass is 9.74. The molecule has 4 unspecified atom stereocenters. The van der Waals surface area contributed by atoms with Crippen LogP contribution in [-0.4, -0.2) is 49.1 Å². The van der Waals surface area contributed by atoms with Crippen molar-refractivity contribution in [2.75, 3.05) is 0 Å². The molecular weight excluding hydrogens is 476 g/mol. The molecule has 2 aliphatic rings. The van der Waals surface area contributed by atoms with Crippen molar-refractivity contribution in [3.05, 3.63) is 89.7 Å². The fraction of sp³-hybridized carbons (Fsp3) is 0.261. The molecule has 2 heterocycles. The molecule has 35 heavy (non-hydrogen) atoms. The Morgan fingerprint density at radius 3 is 2.51 bits per heavy atom. The second kappa shape index (κ2) is 9.42. The van der Waals surface area contributed by atoms with Gasteiger partial charge in [-0.25, -0.2) is 31.0 Å². The molecule has 0 saturated carbocycles. The highest BCUT2D eigenvalue weighted by molar-refractivity contribution is 5.46. The van der Waals surface area contributed by atoms with Crippen LogP contribution in [0, 0.1) is 29.4 Å². The summed E-state index contributed by atoms with van der Waals surface area (Å²) < 4.78 is 86.8. The van der Waals surface area contributed by atoms with Crippen molar-refractivity contribution in [3.63, 3.8) is 0 Å². The van der Waals surface area contributed by atoms with Gasteiger partial charge >= 0.3 is 5.92 Å². The van der Waals surface area contributed by atoms with Crippen molar-refractivity contribution in [3.8, 4) is 11.8 Å². The van der Waals surface area contributed by atoms with Crippen molar-refractivity contribution < 1.29 is 31.4 Å². The van der Waals surface area contributed by atoms with Gasteiger partial charge in [-0.15, -0.1) is 5.10 Å². The van der Waals surface area contributed by atoms with Crippen molar-refractivity contribution in [2.24, 2.45) is 5.92 Å². The molecule has 6 nitrogen and oxygen atoms in total. The minimum Gasteiger partial charge on any atom is -0.381 e. The molecule has 0 saturated heterocycles. The maximum Gasteiger partial charge on any atom is 0.301 e. The smallest absolute Gasteiger partial charge is 0.301 e. The van der Waals surface area contributed by atoms with Gasteiger partial charge in [0, 0.05) is 23.3 Å². The number of rotatable bonds is 5. The highest BCUT2D eigenvalue weighted by atomic mass is 19.3. The van der Waals surface area contributed by atoms with Crippen LogP contribution in [0.4, 0.5) is 26.3 Å². The zero-order valence-electron chi connectivity index (χ0n) is 17.7. The van der Waals surface area contributed by atoms with E-state index in [2.05, 4.69) is 32.7 Å². The maximum absolute atomic E-state index is 15.8. The van der Waals surface area contributed by atoms with E-state index in [1.54, 1.807) is 0 Å². The van der Waals surface area contributed by atoms with Gasteiger partial charge in [0.15, 0.2) is 17.2 Å². The van der Waals surface area contributed by atoms with E-state index in [4.69, 9.17) is 0 Å². The standard InChI is InChI=1S/C23H17F6N5O/c24-16-5-6-17(19(26)10-16)22(35,12-34-13-31-32-33-34)23(28,29)21-8-4-15(11-30-21)2-1-14-3-7-18(25)20(27)9-14/h3-11,13,17,19,21,30,35H,12H2. The van der Waals surface area contributed by atoms with Crippen LogP contribution < -0.4 is 5.32 Å². The van der Waals surface area contributed by atoms with Gasteiger partial charge in [0.2, 0.25) is 0 Å². The first-order valence-electron chi connectivity index (χ1n) is 10.2. The number of nitrogens with one attached hydrogen (secondary N) is 1. The van der Waals surface area contributed by atoms with Crippen molar-refractivity contribution in [1.82, 2.24) is 25.5 Å². The topological polar surface area (TPSA) is 75.9 Å². The first-order chi connectivity index (χ1) is 16.6. The number of halogens is 6. The Morgan fingerprint density at radius 1 is 1.09 bits per heavy atom. The highest BCUT2D eigenvalue weighted by Crippen LogP contribution is 2.44. The zero-order chi connectivity index (χ0) is 25.2. The number of allylic oxidation sites excluding steroid dienone is 5. The third-order valence-corrected chi connectivity index (χ3v) is 5.60. The number of hydrogen-bond acceptors (Lipinski definition) is 5. The van der Waals surface area contributed by atoms with Crippen LogP contribution in [0.3, 0.4) is 0 Å². The number of hydrogen-bond donors (Lipinski definition) is 2. The number of nitrogens with zero attached hydrogens (tertiary/aromatic N) is 4. The molecule has 1 aromatic carbocycles. The lowest BCUT2D eigenvalue weighted by molar-refractivity contribution is -0.222. The molecule has 4 rings (SSSR count). The first kappa shape index (κ1) is 24.3. The molecule has 2 N–H and O–H groups in total. The zero-order valence-corrected chi connectivity index (χ0v) is 17.7. The number of benzene rings is 1. The lowest BCUT2D eigenvalue weighted by Crippen LogP contribution is -2.65. The van der Waals surface area contributed by atoms with Gasteiger partial charge in [0.1, 0.15) is 24.4 Å². The number of aliphatic hydroxyl groups is 1. The molecule has 0 radical (unpaired) electrons. The molecule has 1 aliphatic heterocycles. The van der Waals surface area contributed by atoms with Crippen molar-refractivity contribution in [2.45, 2.75) is 30.3 Å². The van der Waals surface area contributed by atoms with E-state index in [1.165, 1.54) is 12.1 Å². The minimum atomic E-state index is -4.02. The predicted molar refractivity (Wildman–Crippen MR) is 112 cm³/mol. The SMILES string of the molecule is OC(Cn1cnnn1)(C1C=CC(F)=CC1F)C(F)(F)C1C=CC(C#Cc2ccc(F)c(F)c2)=CN1. The van der Waals surface area contributed by atoms with Gasteiger partial charge in [-0.3, -0.25) is 0 Å². The van der Waals surface area contributed by atoms with Crippen LogP contribution in [0.25, 0.3) is 0 Å². The molecule has 0 spiro atoms. The second-order valence-corrected chi connectivity index (χ2v) is 7.92. The Bertz CT molecular complexity index is 1280. The van der Waals surface area contributed by atoms with Gasteiger partial charge in [-0.1, -0.05) is 24.0 Å². The molecule has 4 atom stereocenters. The molecule has 0 amide bonds. The predicted octanol–water partition coefficient (Wildman–Crippen LogP) is 3.16. The summed E-state index contributed by atoms with van der Waals surface area (Å²) in [4.78, 5) is 0. The van der Waals surface area contributed by atoms with Gasteiger partial charge in [-0.2, -0.15) is 0 Å². The summed E-state index contributed by atoms with van der Waals surface area (Å²) in [6.07, 6.45) is 4.30.